The normalized spacial score (nSPS) is 25.1. The van der Waals surface area contributed by atoms with Crippen LogP contribution in [0.2, 0.25) is 0 Å². The Bertz CT molecular complexity index is 564. The van der Waals surface area contributed by atoms with Crippen molar-refractivity contribution in [2.45, 2.75) is 43.3 Å². The number of hydrogen-bond acceptors (Lipinski definition) is 4. The third-order valence-electron chi connectivity index (χ3n) is 3.58. The van der Waals surface area contributed by atoms with Gasteiger partial charge in [-0.05, 0) is 23.1 Å². The zero-order valence-corrected chi connectivity index (χ0v) is 12.8. The van der Waals surface area contributed by atoms with Crippen molar-refractivity contribution in [3.05, 3.63) is 29.8 Å². The highest BCUT2D eigenvalue weighted by molar-refractivity contribution is 7.89. The third kappa shape index (κ3) is 2.88. The maximum absolute atomic E-state index is 12.4. The molecule has 0 saturated carbocycles. The summed E-state index contributed by atoms with van der Waals surface area (Å²) in [5, 5.41) is 18.9. The Morgan fingerprint density at radius 1 is 1.05 bits per heavy atom. The van der Waals surface area contributed by atoms with Crippen LogP contribution in [-0.4, -0.2) is 48.2 Å². The van der Waals surface area contributed by atoms with Crippen LogP contribution in [0.15, 0.2) is 29.2 Å². The minimum Gasteiger partial charge on any atom is -0.389 e. The number of aliphatic hydroxyl groups excluding tert-OH is 2. The Labute approximate surface area is 119 Å². The number of rotatable bonds is 2. The number of aliphatic hydroxyl groups is 2. The number of hydrogen-bond donors (Lipinski definition) is 2. The summed E-state index contributed by atoms with van der Waals surface area (Å²) in [6.45, 7) is 6.05. The molecule has 0 radical (unpaired) electrons. The molecule has 1 aromatic rings. The van der Waals surface area contributed by atoms with E-state index in [0.717, 1.165) is 9.87 Å². The minimum absolute atomic E-state index is 0.0394. The van der Waals surface area contributed by atoms with E-state index in [-0.39, 0.29) is 23.4 Å². The first-order chi connectivity index (χ1) is 9.12. The van der Waals surface area contributed by atoms with Gasteiger partial charge in [0, 0.05) is 13.1 Å². The first kappa shape index (κ1) is 15.4. The SMILES string of the molecule is CC(C)(C)c1ccc(S(=O)(=O)N2CC(O)C(O)C2)cc1. The van der Waals surface area contributed by atoms with E-state index in [4.69, 9.17) is 0 Å². The summed E-state index contributed by atoms with van der Waals surface area (Å²) in [4.78, 5) is 0.187. The molecule has 2 atom stereocenters. The van der Waals surface area contributed by atoms with Crippen LogP contribution >= 0.6 is 0 Å². The molecule has 0 aliphatic carbocycles. The molecule has 1 heterocycles. The third-order valence-corrected chi connectivity index (χ3v) is 5.43. The van der Waals surface area contributed by atoms with Crippen molar-refractivity contribution in [3.8, 4) is 0 Å². The Morgan fingerprint density at radius 3 is 1.90 bits per heavy atom. The Hall–Kier alpha value is -0.950. The molecule has 0 bridgehead atoms. The Balaban J connectivity index is 2.27. The molecule has 1 fully saturated rings. The average Bonchev–Trinajstić information content (AvgIpc) is 2.69. The quantitative estimate of drug-likeness (QED) is 0.843. The molecule has 0 amide bonds. The highest BCUT2D eigenvalue weighted by Gasteiger charge is 2.37. The van der Waals surface area contributed by atoms with Crippen LogP contribution in [0, 0.1) is 0 Å². The predicted octanol–water partition coefficient (Wildman–Crippen LogP) is 0.710. The standard InChI is InChI=1S/C14H21NO4S/c1-14(2,3)10-4-6-11(7-5-10)20(18,19)15-8-12(16)13(17)9-15/h4-7,12-13,16-17H,8-9H2,1-3H3. The smallest absolute Gasteiger partial charge is 0.243 e. The maximum atomic E-state index is 12.4. The van der Waals surface area contributed by atoms with Gasteiger partial charge in [0.25, 0.3) is 0 Å². The Morgan fingerprint density at radius 2 is 1.50 bits per heavy atom. The molecule has 2 rings (SSSR count). The lowest BCUT2D eigenvalue weighted by molar-refractivity contribution is 0.0572. The molecule has 0 aromatic heterocycles. The number of benzene rings is 1. The lowest BCUT2D eigenvalue weighted by Gasteiger charge is -2.20. The number of nitrogens with zero attached hydrogens (tertiary/aromatic N) is 1. The van der Waals surface area contributed by atoms with Gasteiger partial charge in [0.15, 0.2) is 0 Å². The van der Waals surface area contributed by atoms with Gasteiger partial charge in [-0.2, -0.15) is 4.31 Å². The van der Waals surface area contributed by atoms with E-state index in [1.807, 2.05) is 0 Å². The fourth-order valence-corrected chi connectivity index (χ4v) is 3.68. The second kappa shape index (κ2) is 5.11. The monoisotopic (exact) mass is 299 g/mol. The van der Waals surface area contributed by atoms with Crippen LogP contribution in [0.4, 0.5) is 0 Å². The summed E-state index contributed by atoms with van der Waals surface area (Å²) in [5.41, 5.74) is 1.01. The van der Waals surface area contributed by atoms with Gasteiger partial charge in [-0.3, -0.25) is 0 Å². The van der Waals surface area contributed by atoms with Crippen LogP contribution in [0.5, 0.6) is 0 Å². The van der Waals surface area contributed by atoms with Crippen LogP contribution in [0.25, 0.3) is 0 Å². The summed E-state index contributed by atoms with van der Waals surface area (Å²) in [7, 11) is -3.65. The first-order valence-electron chi connectivity index (χ1n) is 6.59. The van der Waals surface area contributed by atoms with Crippen molar-refractivity contribution in [2.75, 3.05) is 13.1 Å². The molecule has 1 aliphatic rings. The number of sulfonamides is 1. The van der Waals surface area contributed by atoms with E-state index < -0.39 is 22.2 Å². The van der Waals surface area contributed by atoms with E-state index in [2.05, 4.69) is 20.8 Å². The largest absolute Gasteiger partial charge is 0.389 e. The first-order valence-corrected chi connectivity index (χ1v) is 8.03. The molecular weight excluding hydrogens is 278 g/mol. The van der Waals surface area contributed by atoms with E-state index in [0.29, 0.717) is 0 Å². The highest BCUT2D eigenvalue weighted by atomic mass is 32.2. The van der Waals surface area contributed by atoms with E-state index in [9.17, 15) is 18.6 Å². The van der Waals surface area contributed by atoms with E-state index >= 15 is 0 Å². The van der Waals surface area contributed by atoms with Gasteiger partial charge in [0.2, 0.25) is 10.0 Å². The van der Waals surface area contributed by atoms with Gasteiger partial charge in [-0.25, -0.2) is 8.42 Å². The summed E-state index contributed by atoms with van der Waals surface area (Å²) >= 11 is 0. The summed E-state index contributed by atoms with van der Waals surface area (Å²) < 4.78 is 25.9. The molecule has 0 spiro atoms. The highest BCUT2D eigenvalue weighted by Crippen LogP contribution is 2.26. The predicted molar refractivity (Wildman–Crippen MR) is 75.9 cm³/mol. The molecule has 2 unspecified atom stereocenters. The van der Waals surface area contributed by atoms with Crippen LogP contribution in [0.1, 0.15) is 26.3 Å². The van der Waals surface area contributed by atoms with Gasteiger partial charge < -0.3 is 10.2 Å². The van der Waals surface area contributed by atoms with Crippen LogP contribution < -0.4 is 0 Å². The zero-order chi connectivity index (χ0) is 15.1. The zero-order valence-electron chi connectivity index (χ0n) is 11.9. The molecule has 20 heavy (non-hydrogen) atoms. The fourth-order valence-electron chi connectivity index (χ4n) is 2.21. The average molecular weight is 299 g/mol. The Kier molecular flexibility index (Phi) is 3.94. The summed E-state index contributed by atoms with van der Waals surface area (Å²) in [6.07, 6.45) is -2.03. The fraction of sp³-hybridized carbons (Fsp3) is 0.571. The molecule has 1 saturated heterocycles. The lowest BCUT2D eigenvalue weighted by Crippen LogP contribution is -2.30. The van der Waals surface area contributed by atoms with Crippen LogP contribution in [0.3, 0.4) is 0 Å². The molecule has 6 heteroatoms. The second-order valence-electron chi connectivity index (χ2n) is 6.23. The van der Waals surface area contributed by atoms with Crippen molar-refractivity contribution in [3.63, 3.8) is 0 Å². The maximum Gasteiger partial charge on any atom is 0.243 e. The van der Waals surface area contributed by atoms with Crippen LogP contribution in [-0.2, 0) is 15.4 Å². The molecule has 2 N–H and O–H groups in total. The topological polar surface area (TPSA) is 77.8 Å². The van der Waals surface area contributed by atoms with Crippen molar-refractivity contribution in [1.29, 1.82) is 0 Å². The van der Waals surface area contributed by atoms with Crippen molar-refractivity contribution >= 4 is 10.0 Å². The van der Waals surface area contributed by atoms with Crippen molar-refractivity contribution < 1.29 is 18.6 Å². The van der Waals surface area contributed by atoms with Gasteiger partial charge in [0.1, 0.15) is 0 Å². The van der Waals surface area contributed by atoms with Gasteiger partial charge in [-0.15, -0.1) is 0 Å². The van der Waals surface area contributed by atoms with Gasteiger partial charge in [0.05, 0.1) is 17.1 Å². The molecule has 5 nitrogen and oxygen atoms in total. The van der Waals surface area contributed by atoms with E-state index in [1.165, 1.54) is 0 Å². The molecule has 1 aliphatic heterocycles. The molecule has 1 aromatic carbocycles. The minimum atomic E-state index is -3.65. The summed E-state index contributed by atoms with van der Waals surface area (Å²) in [5.74, 6) is 0. The lowest BCUT2D eigenvalue weighted by atomic mass is 9.87. The molecule has 112 valence electrons. The van der Waals surface area contributed by atoms with Crippen molar-refractivity contribution in [2.24, 2.45) is 0 Å². The van der Waals surface area contributed by atoms with Gasteiger partial charge in [-0.1, -0.05) is 32.9 Å². The molecular formula is C14H21NO4S. The number of β-amino-alcohol motifs (C(OH)–C–C–N with tert-alkyl or cyclic N) is 2. The van der Waals surface area contributed by atoms with Crippen molar-refractivity contribution in [1.82, 2.24) is 4.31 Å². The van der Waals surface area contributed by atoms with E-state index in [1.54, 1.807) is 24.3 Å². The summed E-state index contributed by atoms with van der Waals surface area (Å²) in [6, 6.07) is 6.76. The van der Waals surface area contributed by atoms with Gasteiger partial charge >= 0.3 is 0 Å². The second-order valence-corrected chi connectivity index (χ2v) is 8.17.